The maximum atomic E-state index is 12.2. The van der Waals surface area contributed by atoms with Gasteiger partial charge >= 0.3 is 0 Å². The van der Waals surface area contributed by atoms with Crippen LogP contribution < -0.4 is 10.6 Å². The first kappa shape index (κ1) is 17.2. The topological polar surface area (TPSA) is 66.5 Å². The van der Waals surface area contributed by atoms with Gasteiger partial charge in [0.25, 0.3) is 5.91 Å². The van der Waals surface area contributed by atoms with Crippen LogP contribution in [-0.4, -0.2) is 61.2 Å². The number of nitrogens with zero attached hydrogens (tertiary/aromatic N) is 2. The molecule has 1 aliphatic carbocycles. The summed E-state index contributed by atoms with van der Waals surface area (Å²) in [5.41, 5.74) is 1.46. The highest BCUT2D eigenvalue weighted by molar-refractivity contribution is 5.92. The molecule has 2 N–H and O–H groups in total. The van der Waals surface area contributed by atoms with Crippen LogP contribution >= 0.6 is 0 Å². The van der Waals surface area contributed by atoms with Crippen LogP contribution in [0.4, 0.5) is 5.69 Å². The van der Waals surface area contributed by atoms with E-state index in [1.54, 1.807) is 12.3 Å². The molecule has 6 nitrogen and oxygen atoms in total. The van der Waals surface area contributed by atoms with Gasteiger partial charge in [-0.2, -0.15) is 0 Å². The van der Waals surface area contributed by atoms with Gasteiger partial charge in [-0.1, -0.05) is 19.3 Å². The summed E-state index contributed by atoms with van der Waals surface area (Å²) >= 11 is 0. The van der Waals surface area contributed by atoms with Gasteiger partial charge in [0, 0.05) is 32.2 Å². The molecule has 2 heterocycles. The lowest BCUT2D eigenvalue weighted by atomic mass is 9.95. The monoisotopic (exact) mass is 332 g/mol. The van der Waals surface area contributed by atoms with Crippen LogP contribution in [0.15, 0.2) is 18.3 Å². The second-order valence-electron chi connectivity index (χ2n) is 6.62. The first-order chi connectivity index (χ1) is 11.8. The summed E-state index contributed by atoms with van der Waals surface area (Å²) in [6.07, 6.45) is 7.64. The molecule has 0 spiro atoms. The standard InChI is InChI=1S/C18H28N4O2/c23-18(21-15-4-2-1-3-5-15)17-7-6-16(14-20-17)19-8-9-22-10-12-24-13-11-22/h6-7,14-15,19H,1-5,8-13H2,(H,21,23). The average Bonchev–Trinajstić information content (AvgIpc) is 2.64. The molecule has 1 saturated carbocycles. The predicted octanol–water partition coefficient (Wildman–Crippen LogP) is 1.89. The molecule has 6 heteroatoms. The molecule has 0 atom stereocenters. The summed E-state index contributed by atoms with van der Waals surface area (Å²) < 4.78 is 5.34. The summed E-state index contributed by atoms with van der Waals surface area (Å²) in [4.78, 5) is 18.9. The van der Waals surface area contributed by atoms with Crippen LogP contribution in [0.1, 0.15) is 42.6 Å². The summed E-state index contributed by atoms with van der Waals surface area (Å²) in [7, 11) is 0. The van der Waals surface area contributed by atoms with Crippen molar-refractivity contribution < 1.29 is 9.53 Å². The number of hydrogen-bond donors (Lipinski definition) is 2. The fourth-order valence-electron chi connectivity index (χ4n) is 3.32. The molecule has 0 aromatic carbocycles. The van der Waals surface area contributed by atoms with Crippen LogP contribution in [0, 0.1) is 0 Å². The number of carbonyl (C=O) groups excluding carboxylic acids is 1. The van der Waals surface area contributed by atoms with Gasteiger partial charge in [0.15, 0.2) is 0 Å². The molecule has 2 aliphatic rings. The molecule has 0 unspecified atom stereocenters. The van der Waals surface area contributed by atoms with Gasteiger partial charge in [0.1, 0.15) is 5.69 Å². The van der Waals surface area contributed by atoms with Crippen molar-refractivity contribution in [2.24, 2.45) is 0 Å². The van der Waals surface area contributed by atoms with E-state index in [9.17, 15) is 4.79 Å². The second kappa shape index (κ2) is 8.99. The van der Waals surface area contributed by atoms with Gasteiger partial charge < -0.3 is 15.4 Å². The molecule has 24 heavy (non-hydrogen) atoms. The van der Waals surface area contributed by atoms with Crippen molar-refractivity contribution in [2.45, 2.75) is 38.1 Å². The van der Waals surface area contributed by atoms with Crippen molar-refractivity contribution in [3.05, 3.63) is 24.0 Å². The number of rotatable bonds is 6. The number of ether oxygens (including phenoxy) is 1. The fourth-order valence-corrected chi connectivity index (χ4v) is 3.32. The number of pyridine rings is 1. The minimum absolute atomic E-state index is 0.0539. The van der Waals surface area contributed by atoms with Crippen molar-refractivity contribution >= 4 is 11.6 Å². The average molecular weight is 332 g/mol. The molecule has 1 aliphatic heterocycles. The first-order valence-electron chi connectivity index (χ1n) is 9.12. The van der Waals surface area contributed by atoms with E-state index in [1.165, 1.54) is 19.3 Å². The molecular formula is C18H28N4O2. The van der Waals surface area contributed by atoms with Crippen molar-refractivity contribution in [1.82, 2.24) is 15.2 Å². The van der Waals surface area contributed by atoms with E-state index in [1.807, 2.05) is 6.07 Å². The molecule has 0 bridgehead atoms. The minimum atomic E-state index is -0.0539. The van der Waals surface area contributed by atoms with E-state index in [-0.39, 0.29) is 5.91 Å². The van der Waals surface area contributed by atoms with Gasteiger partial charge in [-0.05, 0) is 25.0 Å². The quantitative estimate of drug-likeness (QED) is 0.833. The highest BCUT2D eigenvalue weighted by atomic mass is 16.5. The van der Waals surface area contributed by atoms with Crippen molar-refractivity contribution in [3.8, 4) is 0 Å². The molecule has 2 fully saturated rings. The molecule has 132 valence electrons. The Kier molecular flexibility index (Phi) is 6.43. The third kappa shape index (κ3) is 5.18. The van der Waals surface area contributed by atoms with Crippen LogP contribution in [-0.2, 0) is 4.74 Å². The number of hydrogen-bond acceptors (Lipinski definition) is 5. The van der Waals surface area contributed by atoms with Crippen LogP contribution in [0.3, 0.4) is 0 Å². The highest BCUT2D eigenvalue weighted by Crippen LogP contribution is 2.17. The molecule has 1 aromatic rings. The lowest BCUT2D eigenvalue weighted by Gasteiger charge is -2.26. The maximum Gasteiger partial charge on any atom is 0.270 e. The zero-order valence-electron chi connectivity index (χ0n) is 14.3. The van der Waals surface area contributed by atoms with Crippen LogP contribution in [0.2, 0.25) is 0 Å². The van der Waals surface area contributed by atoms with Crippen molar-refractivity contribution in [3.63, 3.8) is 0 Å². The Balaban J connectivity index is 1.41. The minimum Gasteiger partial charge on any atom is -0.383 e. The Morgan fingerprint density at radius 3 is 2.71 bits per heavy atom. The highest BCUT2D eigenvalue weighted by Gasteiger charge is 2.17. The Morgan fingerprint density at radius 2 is 2.00 bits per heavy atom. The van der Waals surface area contributed by atoms with Gasteiger partial charge in [0.05, 0.1) is 25.1 Å². The number of nitrogens with one attached hydrogen (secondary N) is 2. The Labute approximate surface area is 144 Å². The maximum absolute atomic E-state index is 12.2. The smallest absolute Gasteiger partial charge is 0.270 e. The van der Waals surface area contributed by atoms with Crippen molar-refractivity contribution in [1.29, 1.82) is 0 Å². The fraction of sp³-hybridized carbons (Fsp3) is 0.667. The van der Waals surface area contributed by atoms with Gasteiger partial charge in [-0.3, -0.25) is 9.69 Å². The Hall–Kier alpha value is -1.66. The van der Waals surface area contributed by atoms with Crippen molar-refractivity contribution in [2.75, 3.05) is 44.7 Å². The summed E-state index contributed by atoms with van der Waals surface area (Å²) in [5, 5.41) is 6.46. The number of morpholine rings is 1. The molecule has 0 radical (unpaired) electrons. The van der Waals surface area contributed by atoms with Gasteiger partial charge in [-0.25, -0.2) is 4.98 Å². The van der Waals surface area contributed by atoms with Crippen LogP contribution in [0.25, 0.3) is 0 Å². The zero-order valence-corrected chi connectivity index (χ0v) is 14.3. The summed E-state index contributed by atoms with van der Waals surface area (Å²) in [6, 6.07) is 4.05. The Bertz CT molecular complexity index is 508. The Morgan fingerprint density at radius 1 is 1.21 bits per heavy atom. The van der Waals surface area contributed by atoms with Crippen LogP contribution in [0.5, 0.6) is 0 Å². The van der Waals surface area contributed by atoms with Gasteiger partial charge in [0.2, 0.25) is 0 Å². The summed E-state index contributed by atoms with van der Waals surface area (Å²) in [6.45, 7) is 5.52. The van der Waals surface area contributed by atoms with E-state index in [0.717, 1.165) is 57.9 Å². The third-order valence-corrected chi connectivity index (χ3v) is 4.80. The summed E-state index contributed by atoms with van der Waals surface area (Å²) in [5.74, 6) is -0.0539. The van der Waals surface area contributed by atoms with E-state index in [0.29, 0.717) is 11.7 Å². The van der Waals surface area contributed by atoms with Gasteiger partial charge in [-0.15, -0.1) is 0 Å². The lowest BCUT2D eigenvalue weighted by molar-refractivity contribution is 0.0398. The molecule has 1 amide bonds. The number of carbonyl (C=O) groups is 1. The molecular weight excluding hydrogens is 304 g/mol. The normalized spacial score (nSPS) is 19.8. The lowest BCUT2D eigenvalue weighted by Crippen LogP contribution is -2.39. The predicted molar refractivity (Wildman–Crippen MR) is 94.3 cm³/mol. The number of anilines is 1. The number of aromatic nitrogens is 1. The second-order valence-corrected chi connectivity index (χ2v) is 6.62. The van der Waals surface area contributed by atoms with E-state index in [2.05, 4.69) is 20.5 Å². The first-order valence-corrected chi connectivity index (χ1v) is 9.12. The molecule has 1 saturated heterocycles. The third-order valence-electron chi connectivity index (χ3n) is 4.80. The largest absolute Gasteiger partial charge is 0.383 e. The van der Waals surface area contributed by atoms with E-state index in [4.69, 9.17) is 4.74 Å². The van der Waals surface area contributed by atoms with E-state index < -0.39 is 0 Å². The van der Waals surface area contributed by atoms with E-state index >= 15 is 0 Å². The SMILES string of the molecule is O=C(NC1CCCCC1)c1ccc(NCCN2CCOCC2)cn1. The molecule has 1 aromatic heterocycles. The number of amides is 1. The molecule has 3 rings (SSSR count). The zero-order chi connectivity index (χ0) is 16.6.